The first-order valence-corrected chi connectivity index (χ1v) is 7.34. The lowest BCUT2D eigenvalue weighted by Gasteiger charge is -2.35. The Morgan fingerprint density at radius 2 is 1.94 bits per heavy atom. The lowest BCUT2D eigenvalue weighted by molar-refractivity contribution is 0.0136. The minimum atomic E-state index is 0.479. The molecule has 0 amide bonds. The van der Waals surface area contributed by atoms with Gasteiger partial charge in [0.1, 0.15) is 0 Å². The number of ether oxygens (including phenoxy) is 1. The number of hydrogen-bond acceptors (Lipinski definition) is 3. The molecule has 1 atom stereocenters. The summed E-state index contributed by atoms with van der Waals surface area (Å²) in [5.74, 6) is 0. The lowest BCUT2D eigenvalue weighted by Crippen LogP contribution is -2.47. The van der Waals surface area contributed by atoms with Gasteiger partial charge in [-0.2, -0.15) is 0 Å². The largest absolute Gasteiger partial charge is 0.377 e. The Balaban J connectivity index is 1.61. The molecule has 3 nitrogen and oxygen atoms in total. The van der Waals surface area contributed by atoms with Gasteiger partial charge in [0.25, 0.3) is 0 Å². The van der Waals surface area contributed by atoms with Crippen LogP contribution in [0.4, 0.5) is 0 Å². The van der Waals surface area contributed by atoms with Crippen molar-refractivity contribution in [2.75, 3.05) is 26.2 Å². The lowest BCUT2D eigenvalue weighted by atomic mass is 10.0. The van der Waals surface area contributed by atoms with E-state index in [0.29, 0.717) is 12.1 Å². The summed E-state index contributed by atoms with van der Waals surface area (Å²) in [6.45, 7) is 9.12. The van der Waals surface area contributed by atoms with E-state index in [0.717, 1.165) is 19.2 Å². The van der Waals surface area contributed by atoms with Crippen molar-refractivity contribution in [3.05, 3.63) is 0 Å². The van der Waals surface area contributed by atoms with Crippen LogP contribution in [0.2, 0.25) is 0 Å². The standard InChI is InChI=1S/C14H28N2O/c1-12(2)16-8-6-13(7-9-16)15-11-14-5-3-4-10-17-14/h12-15H,3-11H2,1-2H3. The van der Waals surface area contributed by atoms with Gasteiger partial charge in [-0.25, -0.2) is 0 Å². The molecule has 100 valence electrons. The Labute approximate surface area is 106 Å². The summed E-state index contributed by atoms with van der Waals surface area (Å²) in [6.07, 6.45) is 6.92. The molecule has 0 spiro atoms. The van der Waals surface area contributed by atoms with Crippen molar-refractivity contribution in [1.82, 2.24) is 10.2 Å². The number of rotatable bonds is 4. The van der Waals surface area contributed by atoms with E-state index in [-0.39, 0.29) is 0 Å². The Morgan fingerprint density at radius 1 is 1.18 bits per heavy atom. The van der Waals surface area contributed by atoms with Crippen molar-refractivity contribution in [2.45, 2.75) is 64.1 Å². The first-order valence-electron chi connectivity index (χ1n) is 7.34. The Bertz CT molecular complexity index is 206. The fraction of sp³-hybridized carbons (Fsp3) is 1.00. The van der Waals surface area contributed by atoms with E-state index in [1.165, 1.54) is 45.2 Å². The maximum atomic E-state index is 5.76. The molecule has 1 N–H and O–H groups in total. The van der Waals surface area contributed by atoms with Gasteiger partial charge in [-0.05, 0) is 59.0 Å². The molecule has 0 aromatic carbocycles. The molecule has 17 heavy (non-hydrogen) atoms. The number of nitrogens with one attached hydrogen (secondary N) is 1. The summed E-state index contributed by atoms with van der Waals surface area (Å²) in [4.78, 5) is 2.58. The van der Waals surface area contributed by atoms with Crippen LogP contribution in [0.15, 0.2) is 0 Å². The van der Waals surface area contributed by atoms with Crippen LogP contribution < -0.4 is 5.32 Å². The number of hydrogen-bond donors (Lipinski definition) is 1. The molecule has 1 unspecified atom stereocenters. The zero-order valence-electron chi connectivity index (χ0n) is 11.5. The number of likely N-dealkylation sites (tertiary alicyclic amines) is 1. The normalized spacial score (nSPS) is 28.8. The van der Waals surface area contributed by atoms with Crippen LogP contribution in [0.3, 0.4) is 0 Å². The number of nitrogens with zero attached hydrogens (tertiary/aromatic N) is 1. The molecular formula is C14H28N2O. The van der Waals surface area contributed by atoms with Gasteiger partial charge in [-0.1, -0.05) is 0 Å². The molecule has 0 radical (unpaired) electrons. The Morgan fingerprint density at radius 3 is 2.53 bits per heavy atom. The van der Waals surface area contributed by atoms with Crippen LogP contribution in [0.1, 0.15) is 46.0 Å². The third kappa shape index (κ3) is 4.23. The monoisotopic (exact) mass is 240 g/mol. The summed E-state index contributed by atoms with van der Waals surface area (Å²) < 4.78 is 5.76. The highest BCUT2D eigenvalue weighted by molar-refractivity contribution is 4.80. The molecule has 2 aliphatic heterocycles. The summed E-state index contributed by atoms with van der Waals surface area (Å²) in [7, 11) is 0. The van der Waals surface area contributed by atoms with Crippen LogP contribution in [0, 0.1) is 0 Å². The maximum absolute atomic E-state index is 5.76. The second kappa shape index (κ2) is 6.72. The minimum Gasteiger partial charge on any atom is -0.377 e. The van der Waals surface area contributed by atoms with Gasteiger partial charge in [-0.3, -0.25) is 0 Å². The van der Waals surface area contributed by atoms with Crippen LogP contribution in [-0.4, -0.2) is 49.3 Å². The fourth-order valence-corrected chi connectivity index (χ4v) is 2.89. The molecule has 0 aliphatic carbocycles. The van der Waals surface area contributed by atoms with E-state index < -0.39 is 0 Å². The van der Waals surface area contributed by atoms with E-state index in [2.05, 4.69) is 24.1 Å². The van der Waals surface area contributed by atoms with Crippen LogP contribution in [0.25, 0.3) is 0 Å². The average molecular weight is 240 g/mol. The second-order valence-electron chi connectivity index (χ2n) is 5.80. The summed E-state index contributed by atoms with van der Waals surface area (Å²) in [6, 6.07) is 1.42. The molecule has 2 heterocycles. The third-order valence-electron chi connectivity index (χ3n) is 4.17. The van der Waals surface area contributed by atoms with Crippen molar-refractivity contribution in [1.29, 1.82) is 0 Å². The first-order chi connectivity index (χ1) is 8.25. The molecule has 2 aliphatic rings. The van der Waals surface area contributed by atoms with Gasteiger partial charge in [0.05, 0.1) is 6.10 Å². The topological polar surface area (TPSA) is 24.5 Å². The van der Waals surface area contributed by atoms with Gasteiger partial charge in [-0.15, -0.1) is 0 Å². The molecule has 0 saturated carbocycles. The van der Waals surface area contributed by atoms with Crippen molar-refractivity contribution in [2.24, 2.45) is 0 Å². The van der Waals surface area contributed by atoms with E-state index in [4.69, 9.17) is 4.74 Å². The smallest absolute Gasteiger partial charge is 0.0699 e. The van der Waals surface area contributed by atoms with E-state index >= 15 is 0 Å². The molecule has 3 heteroatoms. The van der Waals surface area contributed by atoms with Gasteiger partial charge in [0.2, 0.25) is 0 Å². The fourth-order valence-electron chi connectivity index (χ4n) is 2.89. The van der Waals surface area contributed by atoms with Gasteiger partial charge < -0.3 is 15.0 Å². The van der Waals surface area contributed by atoms with Crippen LogP contribution in [-0.2, 0) is 4.74 Å². The van der Waals surface area contributed by atoms with Crippen LogP contribution in [0.5, 0.6) is 0 Å². The molecule has 2 fully saturated rings. The Hall–Kier alpha value is -0.120. The Kier molecular flexibility index (Phi) is 5.26. The highest BCUT2D eigenvalue weighted by atomic mass is 16.5. The highest BCUT2D eigenvalue weighted by Crippen LogP contribution is 2.15. The zero-order chi connectivity index (χ0) is 12.1. The predicted octanol–water partition coefficient (Wildman–Crippen LogP) is 2.02. The maximum Gasteiger partial charge on any atom is 0.0699 e. The van der Waals surface area contributed by atoms with E-state index in [9.17, 15) is 0 Å². The number of piperidine rings is 1. The zero-order valence-corrected chi connectivity index (χ0v) is 11.5. The summed E-state index contributed by atoms with van der Waals surface area (Å²) in [5.41, 5.74) is 0. The van der Waals surface area contributed by atoms with E-state index in [1.54, 1.807) is 0 Å². The quantitative estimate of drug-likeness (QED) is 0.813. The van der Waals surface area contributed by atoms with E-state index in [1.807, 2.05) is 0 Å². The molecule has 0 aromatic rings. The minimum absolute atomic E-state index is 0.479. The van der Waals surface area contributed by atoms with Crippen LogP contribution >= 0.6 is 0 Å². The summed E-state index contributed by atoms with van der Waals surface area (Å²) in [5, 5.41) is 3.70. The SMILES string of the molecule is CC(C)N1CCC(NCC2CCCCO2)CC1. The van der Waals surface area contributed by atoms with Crippen molar-refractivity contribution >= 4 is 0 Å². The molecule has 0 bridgehead atoms. The second-order valence-corrected chi connectivity index (χ2v) is 5.80. The van der Waals surface area contributed by atoms with Gasteiger partial charge in [0.15, 0.2) is 0 Å². The van der Waals surface area contributed by atoms with Gasteiger partial charge >= 0.3 is 0 Å². The third-order valence-corrected chi connectivity index (χ3v) is 4.17. The predicted molar refractivity (Wildman–Crippen MR) is 71.3 cm³/mol. The van der Waals surface area contributed by atoms with Crippen molar-refractivity contribution in [3.63, 3.8) is 0 Å². The first kappa shape index (κ1) is 13.3. The molecular weight excluding hydrogens is 212 g/mol. The molecule has 2 saturated heterocycles. The molecule has 0 aromatic heterocycles. The van der Waals surface area contributed by atoms with Gasteiger partial charge in [0, 0.05) is 25.2 Å². The average Bonchev–Trinajstić information content (AvgIpc) is 2.38. The van der Waals surface area contributed by atoms with Crippen molar-refractivity contribution in [3.8, 4) is 0 Å². The molecule has 2 rings (SSSR count). The van der Waals surface area contributed by atoms with Crippen molar-refractivity contribution < 1.29 is 4.74 Å². The summed E-state index contributed by atoms with van der Waals surface area (Å²) >= 11 is 0. The highest BCUT2D eigenvalue weighted by Gasteiger charge is 2.21.